The lowest BCUT2D eigenvalue weighted by Crippen LogP contribution is -2.39. The van der Waals surface area contributed by atoms with Gasteiger partial charge in [0.15, 0.2) is 5.96 Å². The van der Waals surface area contributed by atoms with Crippen LogP contribution >= 0.6 is 24.0 Å². The Kier molecular flexibility index (Phi) is 12.9. The predicted molar refractivity (Wildman–Crippen MR) is 89.4 cm³/mol. The summed E-state index contributed by atoms with van der Waals surface area (Å²) in [6.45, 7) is 6.91. The molecule has 1 aliphatic carbocycles. The zero-order valence-corrected chi connectivity index (χ0v) is 14.4. The molecule has 6 heteroatoms. The average Bonchev–Trinajstić information content (AvgIpc) is 3.20. The monoisotopic (exact) mass is 385 g/mol. The summed E-state index contributed by atoms with van der Waals surface area (Å²) in [5.41, 5.74) is 0. The first-order valence-electron chi connectivity index (χ1n) is 6.96. The second-order valence-corrected chi connectivity index (χ2v) is 4.49. The summed E-state index contributed by atoms with van der Waals surface area (Å²) in [6, 6.07) is 0. The fraction of sp³-hybridized carbons (Fsp3) is 0.923. The molecule has 0 radical (unpaired) electrons. The van der Waals surface area contributed by atoms with E-state index in [1.54, 1.807) is 7.05 Å². The number of halogens is 1. The molecule has 0 heterocycles. The Morgan fingerprint density at radius 1 is 1.16 bits per heavy atom. The molecular weight excluding hydrogens is 357 g/mol. The van der Waals surface area contributed by atoms with Gasteiger partial charge >= 0.3 is 0 Å². The molecule has 0 spiro atoms. The molecule has 0 unspecified atom stereocenters. The quantitative estimate of drug-likeness (QED) is 0.260. The topological polar surface area (TPSA) is 54.9 Å². The van der Waals surface area contributed by atoms with Crippen LogP contribution in [0.3, 0.4) is 0 Å². The van der Waals surface area contributed by atoms with E-state index in [1.807, 2.05) is 6.92 Å². The van der Waals surface area contributed by atoms with Crippen LogP contribution in [-0.4, -0.2) is 52.5 Å². The molecule has 1 fully saturated rings. The van der Waals surface area contributed by atoms with Crippen molar-refractivity contribution in [3.05, 3.63) is 0 Å². The van der Waals surface area contributed by atoms with E-state index in [0.717, 1.165) is 51.2 Å². The van der Waals surface area contributed by atoms with Gasteiger partial charge in [0.1, 0.15) is 0 Å². The first kappa shape index (κ1) is 18.9. The number of hydrogen-bond donors (Lipinski definition) is 2. The summed E-state index contributed by atoms with van der Waals surface area (Å²) < 4.78 is 10.8. The highest BCUT2D eigenvalue weighted by Gasteiger charge is 2.20. The van der Waals surface area contributed by atoms with Gasteiger partial charge in [-0.05, 0) is 32.1 Å². The molecule has 0 saturated heterocycles. The van der Waals surface area contributed by atoms with Gasteiger partial charge in [0, 0.05) is 40.0 Å². The highest BCUT2D eigenvalue weighted by atomic mass is 127. The van der Waals surface area contributed by atoms with E-state index >= 15 is 0 Å². The van der Waals surface area contributed by atoms with Crippen molar-refractivity contribution in [1.29, 1.82) is 0 Å². The van der Waals surface area contributed by atoms with Crippen LogP contribution in [0.25, 0.3) is 0 Å². The second kappa shape index (κ2) is 12.9. The third-order valence-electron chi connectivity index (χ3n) is 2.77. The van der Waals surface area contributed by atoms with E-state index in [4.69, 9.17) is 9.47 Å². The SMILES string of the molecule is CCOCCNC(=NC)NCCCOCC1CC1.I. The van der Waals surface area contributed by atoms with E-state index in [2.05, 4.69) is 15.6 Å². The van der Waals surface area contributed by atoms with Crippen molar-refractivity contribution >= 4 is 29.9 Å². The van der Waals surface area contributed by atoms with Gasteiger partial charge in [-0.25, -0.2) is 0 Å². The van der Waals surface area contributed by atoms with Crippen LogP contribution in [0, 0.1) is 5.92 Å². The minimum absolute atomic E-state index is 0. The van der Waals surface area contributed by atoms with Crippen LogP contribution in [0.1, 0.15) is 26.2 Å². The van der Waals surface area contributed by atoms with Crippen LogP contribution in [-0.2, 0) is 9.47 Å². The lowest BCUT2D eigenvalue weighted by atomic mass is 10.4. The van der Waals surface area contributed by atoms with E-state index in [1.165, 1.54) is 12.8 Å². The van der Waals surface area contributed by atoms with Gasteiger partial charge in [-0.15, -0.1) is 24.0 Å². The molecule has 19 heavy (non-hydrogen) atoms. The predicted octanol–water partition coefficient (Wildman–Crippen LogP) is 1.62. The molecule has 2 N–H and O–H groups in total. The molecule has 1 aliphatic rings. The minimum atomic E-state index is 0. The van der Waals surface area contributed by atoms with Gasteiger partial charge in [-0.3, -0.25) is 4.99 Å². The molecule has 0 aromatic heterocycles. The Morgan fingerprint density at radius 2 is 1.89 bits per heavy atom. The maximum absolute atomic E-state index is 5.57. The summed E-state index contributed by atoms with van der Waals surface area (Å²) in [5.74, 6) is 1.68. The summed E-state index contributed by atoms with van der Waals surface area (Å²) in [5, 5.41) is 6.45. The summed E-state index contributed by atoms with van der Waals surface area (Å²) in [7, 11) is 1.78. The number of nitrogens with zero attached hydrogens (tertiary/aromatic N) is 1. The van der Waals surface area contributed by atoms with Gasteiger partial charge in [-0.1, -0.05) is 0 Å². The molecule has 0 aliphatic heterocycles. The minimum Gasteiger partial charge on any atom is -0.381 e. The van der Waals surface area contributed by atoms with Crippen LogP contribution in [0.2, 0.25) is 0 Å². The first-order chi connectivity index (χ1) is 8.86. The molecule has 1 saturated carbocycles. The third-order valence-corrected chi connectivity index (χ3v) is 2.77. The van der Waals surface area contributed by atoms with Crippen molar-refractivity contribution in [2.24, 2.45) is 10.9 Å². The summed E-state index contributed by atoms with van der Waals surface area (Å²) >= 11 is 0. The Bertz CT molecular complexity index is 236. The Morgan fingerprint density at radius 3 is 2.53 bits per heavy atom. The molecule has 1 rings (SSSR count). The number of hydrogen-bond acceptors (Lipinski definition) is 3. The zero-order chi connectivity index (χ0) is 13.1. The standard InChI is InChI=1S/C13H27N3O2.HI/c1-3-17-10-8-16-13(14-2)15-7-4-9-18-11-12-5-6-12;/h12H,3-11H2,1-2H3,(H2,14,15,16);1H. The number of ether oxygens (including phenoxy) is 2. The maximum Gasteiger partial charge on any atom is 0.191 e. The fourth-order valence-electron chi connectivity index (χ4n) is 1.52. The lowest BCUT2D eigenvalue weighted by molar-refractivity contribution is 0.123. The molecule has 0 aromatic carbocycles. The largest absolute Gasteiger partial charge is 0.381 e. The van der Waals surface area contributed by atoms with Gasteiger partial charge in [0.25, 0.3) is 0 Å². The highest BCUT2D eigenvalue weighted by Crippen LogP contribution is 2.28. The number of aliphatic imine (C=N–C) groups is 1. The number of rotatable bonds is 10. The number of guanidine groups is 1. The van der Waals surface area contributed by atoms with Crippen LogP contribution in [0.5, 0.6) is 0 Å². The van der Waals surface area contributed by atoms with E-state index in [-0.39, 0.29) is 24.0 Å². The highest BCUT2D eigenvalue weighted by molar-refractivity contribution is 14.0. The van der Waals surface area contributed by atoms with Crippen LogP contribution < -0.4 is 10.6 Å². The molecule has 0 aromatic rings. The molecule has 0 atom stereocenters. The Balaban J connectivity index is 0.00000324. The molecule has 5 nitrogen and oxygen atoms in total. The van der Waals surface area contributed by atoms with Crippen molar-refractivity contribution in [2.75, 3.05) is 46.6 Å². The van der Waals surface area contributed by atoms with Crippen molar-refractivity contribution in [3.8, 4) is 0 Å². The van der Waals surface area contributed by atoms with Crippen molar-refractivity contribution in [1.82, 2.24) is 10.6 Å². The third kappa shape index (κ3) is 11.4. The normalized spacial score (nSPS) is 14.9. The Labute approximate surface area is 133 Å². The van der Waals surface area contributed by atoms with Crippen molar-refractivity contribution in [3.63, 3.8) is 0 Å². The molecule has 0 bridgehead atoms. The Hall–Kier alpha value is -0.0800. The molecular formula is C13H28IN3O2. The summed E-state index contributed by atoms with van der Waals surface area (Å²) in [4.78, 5) is 4.14. The zero-order valence-electron chi connectivity index (χ0n) is 12.1. The van der Waals surface area contributed by atoms with Gasteiger partial charge in [0.05, 0.1) is 6.61 Å². The fourth-order valence-corrected chi connectivity index (χ4v) is 1.52. The first-order valence-corrected chi connectivity index (χ1v) is 6.96. The summed E-state index contributed by atoms with van der Waals surface area (Å²) in [6.07, 6.45) is 3.72. The maximum atomic E-state index is 5.57. The smallest absolute Gasteiger partial charge is 0.191 e. The van der Waals surface area contributed by atoms with Gasteiger partial charge in [-0.2, -0.15) is 0 Å². The van der Waals surface area contributed by atoms with Crippen molar-refractivity contribution < 1.29 is 9.47 Å². The average molecular weight is 385 g/mol. The number of nitrogens with one attached hydrogen (secondary N) is 2. The molecule has 114 valence electrons. The van der Waals surface area contributed by atoms with E-state index in [9.17, 15) is 0 Å². The lowest BCUT2D eigenvalue weighted by Gasteiger charge is -2.11. The van der Waals surface area contributed by atoms with Gasteiger partial charge in [0.2, 0.25) is 0 Å². The van der Waals surface area contributed by atoms with E-state index < -0.39 is 0 Å². The second-order valence-electron chi connectivity index (χ2n) is 4.49. The van der Waals surface area contributed by atoms with Gasteiger partial charge < -0.3 is 20.1 Å². The van der Waals surface area contributed by atoms with Crippen LogP contribution in [0.4, 0.5) is 0 Å². The molecule has 0 amide bonds. The van der Waals surface area contributed by atoms with Crippen LogP contribution in [0.15, 0.2) is 4.99 Å². The van der Waals surface area contributed by atoms with Crippen molar-refractivity contribution in [2.45, 2.75) is 26.2 Å². The van der Waals surface area contributed by atoms with E-state index in [0.29, 0.717) is 6.61 Å².